The summed E-state index contributed by atoms with van der Waals surface area (Å²) in [6.45, 7) is 12.1. The van der Waals surface area contributed by atoms with Crippen LogP contribution in [-0.2, 0) is 19.4 Å². The second-order valence-corrected chi connectivity index (χ2v) is 9.00. The third-order valence-electron chi connectivity index (χ3n) is 7.36. The van der Waals surface area contributed by atoms with Crippen LogP contribution in [0.25, 0.3) is 10.9 Å². The number of rotatable bonds is 7. The van der Waals surface area contributed by atoms with Crippen molar-refractivity contribution in [1.29, 1.82) is 0 Å². The number of carbonyl (C=O) groups is 1. The maximum absolute atomic E-state index is 13.0. The van der Waals surface area contributed by atoms with Gasteiger partial charge in [-0.3, -0.25) is 9.58 Å². The lowest BCUT2D eigenvalue weighted by atomic mass is 9.74. The number of carbonyl (C=O) groups excluding carboxylic acids is 1. The Hall–Kier alpha value is -2.05. The first-order valence-corrected chi connectivity index (χ1v) is 12.2. The summed E-state index contributed by atoms with van der Waals surface area (Å²) in [5, 5.41) is 11.3. The minimum atomic E-state index is -0.0663. The number of benzene rings is 1. The van der Waals surface area contributed by atoms with E-state index in [-0.39, 0.29) is 12.6 Å². The molecule has 31 heavy (non-hydrogen) atoms. The molecule has 1 saturated heterocycles. The number of aliphatic hydroxyl groups is 1. The van der Waals surface area contributed by atoms with Crippen LogP contribution < -0.4 is 5.43 Å². The fourth-order valence-corrected chi connectivity index (χ4v) is 5.95. The molecule has 2 aromatic rings. The van der Waals surface area contributed by atoms with Crippen molar-refractivity contribution in [3.05, 3.63) is 34.5 Å². The molecule has 0 bridgehead atoms. The number of nitrogens with zero attached hydrogens (tertiary/aromatic N) is 3. The zero-order chi connectivity index (χ0) is 22.1. The van der Waals surface area contributed by atoms with E-state index >= 15 is 0 Å². The summed E-state index contributed by atoms with van der Waals surface area (Å²) in [4.78, 5) is 17.5. The SMILES string of the molecule is CCCN1CCC[C@@H]2c3cc(CO)cc4c3c(c(CC)n4NC(=O)N(CC)CC)C[C@H]21. The molecule has 6 nitrogen and oxygen atoms in total. The normalized spacial score (nSPS) is 20.7. The maximum atomic E-state index is 13.0. The van der Waals surface area contributed by atoms with Crippen molar-refractivity contribution in [2.75, 3.05) is 31.6 Å². The monoisotopic (exact) mass is 426 g/mol. The minimum Gasteiger partial charge on any atom is -0.392 e. The number of fused-ring (bicyclic) bond motifs is 2. The van der Waals surface area contributed by atoms with Gasteiger partial charge >= 0.3 is 6.03 Å². The molecule has 4 rings (SSSR count). The molecule has 1 aromatic carbocycles. The molecule has 2 amide bonds. The van der Waals surface area contributed by atoms with Gasteiger partial charge in [0, 0.05) is 36.1 Å². The number of aromatic nitrogens is 1. The van der Waals surface area contributed by atoms with Crippen LogP contribution in [0.4, 0.5) is 4.79 Å². The smallest absolute Gasteiger partial charge is 0.336 e. The van der Waals surface area contributed by atoms with E-state index in [4.69, 9.17) is 0 Å². The van der Waals surface area contributed by atoms with Gasteiger partial charge in [-0.25, -0.2) is 10.2 Å². The highest BCUT2D eigenvalue weighted by atomic mass is 16.3. The lowest BCUT2D eigenvalue weighted by molar-refractivity contribution is 0.124. The van der Waals surface area contributed by atoms with Crippen molar-refractivity contribution >= 4 is 16.9 Å². The molecule has 2 aliphatic rings. The summed E-state index contributed by atoms with van der Waals surface area (Å²) in [6, 6.07) is 4.74. The second kappa shape index (κ2) is 9.21. The molecule has 0 unspecified atom stereocenters. The number of nitrogens with one attached hydrogen (secondary N) is 1. The van der Waals surface area contributed by atoms with Crippen LogP contribution in [0.15, 0.2) is 12.1 Å². The van der Waals surface area contributed by atoms with Crippen molar-refractivity contribution < 1.29 is 9.90 Å². The van der Waals surface area contributed by atoms with Crippen LogP contribution >= 0.6 is 0 Å². The van der Waals surface area contributed by atoms with Gasteiger partial charge in [0.15, 0.2) is 0 Å². The molecule has 0 saturated carbocycles. The van der Waals surface area contributed by atoms with Crippen molar-refractivity contribution in [1.82, 2.24) is 14.5 Å². The van der Waals surface area contributed by atoms with Gasteiger partial charge in [0.1, 0.15) is 0 Å². The first-order valence-electron chi connectivity index (χ1n) is 12.2. The van der Waals surface area contributed by atoms with Gasteiger partial charge in [-0.1, -0.05) is 19.9 Å². The molecular weight excluding hydrogens is 388 g/mol. The summed E-state index contributed by atoms with van der Waals surface area (Å²) < 4.78 is 2.02. The third-order valence-corrected chi connectivity index (χ3v) is 7.36. The Labute approximate surface area is 186 Å². The van der Waals surface area contributed by atoms with E-state index < -0.39 is 0 Å². The number of hydrogen-bond donors (Lipinski definition) is 2. The van der Waals surface area contributed by atoms with Crippen LogP contribution in [0.3, 0.4) is 0 Å². The summed E-state index contributed by atoms with van der Waals surface area (Å²) in [7, 11) is 0. The van der Waals surface area contributed by atoms with E-state index in [2.05, 4.69) is 36.3 Å². The van der Waals surface area contributed by atoms with Crippen LogP contribution in [-0.4, -0.2) is 57.8 Å². The Morgan fingerprint density at radius 3 is 2.65 bits per heavy atom. The van der Waals surface area contributed by atoms with Gasteiger partial charge in [0.2, 0.25) is 0 Å². The van der Waals surface area contributed by atoms with Gasteiger partial charge in [-0.05, 0) is 81.8 Å². The first-order chi connectivity index (χ1) is 15.1. The van der Waals surface area contributed by atoms with Gasteiger partial charge < -0.3 is 10.0 Å². The molecule has 0 radical (unpaired) electrons. The van der Waals surface area contributed by atoms with Gasteiger partial charge in [-0.15, -0.1) is 0 Å². The average Bonchev–Trinajstić information content (AvgIpc) is 3.08. The molecular formula is C25H38N4O2. The lowest BCUT2D eigenvalue weighted by Gasteiger charge is -2.44. The lowest BCUT2D eigenvalue weighted by Crippen LogP contribution is -2.47. The highest BCUT2D eigenvalue weighted by molar-refractivity contribution is 5.94. The minimum absolute atomic E-state index is 0.0188. The van der Waals surface area contributed by atoms with Crippen LogP contribution in [0.2, 0.25) is 0 Å². The summed E-state index contributed by atoms with van der Waals surface area (Å²) in [6.07, 6.45) is 5.50. The maximum Gasteiger partial charge on any atom is 0.336 e. The molecule has 1 fully saturated rings. The second-order valence-electron chi connectivity index (χ2n) is 9.00. The predicted molar refractivity (Wildman–Crippen MR) is 126 cm³/mol. The Kier molecular flexibility index (Phi) is 6.58. The molecule has 170 valence electrons. The van der Waals surface area contributed by atoms with E-state index in [1.54, 1.807) is 0 Å². The number of amides is 2. The van der Waals surface area contributed by atoms with Crippen molar-refractivity contribution in [3.8, 4) is 0 Å². The van der Waals surface area contributed by atoms with Crippen LogP contribution in [0.5, 0.6) is 0 Å². The van der Waals surface area contributed by atoms with Gasteiger partial charge in [0.05, 0.1) is 12.1 Å². The Morgan fingerprint density at radius 2 is 2.00 bits per heavy atom. The standard InChI is InChI=1S/C25H38N4O2/c1-5-11-28-12-9-10-18-19-13-17(16-30)14-23-24(19)20(15-22(18)28)21(6-2)29(23)26-25(31)27(7-3)8-4/h13-14,18,22,30H,5-12,15-16H2,1-4H3,(H,26,31)/t18-,22-/m1/s1. The van der Waals surface area contributed by atoms with Crippen LogP contribution in [0.1, 0.15) is 75.3 Å². The van der Waals surface area contributed by atoms with E-state index in [0.29, 0.717) is 25.0 Å². The number of hydrogen-bond acceptors (Lipinski definition) is 3. The fraction of sp³-hybridized carbons (Fsp3) is 0.640. The number of urea groups is 1. The average molecular weight is 427 g/mol. The summed E-state index contributed by atoms with van der Waals surface area (Å²) >= 11 is 0. The Balaban J connectivity index is 1.87. The number of piperidine rings is 1. The molecule has 2 heterocycles. The summed E-state index contributed by atoms with van der Waals surface area (Å²) in [5.41, 5.74) is 9.13. The molecule has 0 spiro atoms. The molecule has 2 atom stereocenters. The number of likely N-dealkylation sites (tertiary alicyclic amines) is 1. The van der Waals surface area contributed by atoms with Crippen molar-refractivity contribution in [2.45, 2.75) is 78.4 Å². The van der Waals surface area contributed by atoms with Crippen molar-refractivity contribution in [2.24, 2.45) is 0 Å². The quantitative estimate of drug-likeness (QED) is 0.697. The van der Waals surface area contributed by atoms with E-state index in [9.17, 15) is 9.90 Å². The van der Waals surface area contributed by atoms with E-state index in [1.165, 1.54) is 48.0 Å². The fourth-order valence-electron chi connectivity index (χ4n) is 5.95. The zero-order valence-electron chi connectivity index (χ0n) is 19.6. The van der Waals surface area contributed by atoms with Crippen LogP contribution in [0, 0.1) is 0 Å². The Morgan fingerprint density at radius 1 is 1.23 bits per heavy atom. The zero-order valence-corrected chi connectivity index (χ0v) is 19.6. The highest BCUT2D eigenvalue weighted by Crippen LogP contribution is 2.46. The number of aliphatic hydroxyl groups excluding tert-OH is 1. The van der Waals surface area contributed by atoms with Gasteiger partial charge in [0.25, 0.3) is 0 Å². The summed E-state index contributed by atoms with van der Waals surface area (Å²) in [5.74, 6) is 0.501. The van der Waals surface area contributed by atoms with Gasteiger partial charge in [-0.2, -0.15) is 0 Å². The molecule has 1 aromatic heterocycles. The topological polar surface area (TPSA) is 60.7 Å². The van der Waals surface area contributed by atoms with Crippen molar-refractivity contribution in [3.63, 3.8) is 0 Å². The molecule has 1 aliphatic heterocycles. The van der Waals surface area contributed by atoms with E-state index in [0.717, 1.165) is 30.5 Å². The van der Waals surface area contributed by atoms with E-state index in [1.807, 2.05) is 23.4 Å². The third kappa shape index (κ3) is 3.74. The molecule has 6 heteroatoms. The Bertz CT molecular complexity index is 945. The molecule has 1 aliphatic carbocycles. The predicted octanol–water partition coefficient (Wildman–Crippen LogP) is 4.22. The largest absolute Gasteiger partial charge is 0.392 e. The highest BCUT2D eigenvalue weighted by Gasteiger charge is 2.39. The first kappa shape index (κ1) is 22.2. The molecule has 2 N–H and O–H groups in total.